The van der Waals surface area contributed by atoms with Crippen LogP contribution in [0.1, 0.15) is 31.9 Å². The van der Waals surface area contributed by atoms with E-state index >= 15 is 0 Å². The molecule has 0 aliphatic carbocycles. The lowest BCUT2D eigenvalue weighted by Gasteiger charge is -2.23. The lowest BCUT2D eigenvalue weighted by molar-refractivity contribution is -0.123. The summed E-state index contributed by atoms with van der Waals surface area (Å²) in [6, 6.07) is 7.49. The summed E-state index contributed by atoms with van der Waals surface area (Å²) < 4.78 is 5.20. The highest BCUT2D eigenvalue weighted by Gasteiger charge is 2.24. The minimum Gasteiger partial charge on any atom is -0.508 e. The number of nitrogens with zero attached hydrogens (tertiary/aromatic N) is 1. The van der Waals surface area contributed by atoms with E-state index in [1.54, 1.807) is 32.9 Å². The third-order valence-corrected chi connectivity index (χ3v) is 3.92. The van der Waals surface area contributed by atoms with Crippen molar-refractivity contribution in [3.8, 4) is 23.0 Å². The number of phenolic OH excluding ortho intramolecular Hbond substituents is 4. The molecule has 10 nitrogen and oxygen atoms in total. The van der Waals surface area contributed by atoms with Gasteiger partial charge in [0.25, 0.3) is 5.91 Å². The fraction of sp³-hybridized carbons (Fsp3) is 0.286. The van der Waals surface area contributed by atoms with E-state index in [2.05, 4.69) is 15.8 Å². The van der Waals surface area contributed by atoms with E-state index < -0.39 is 40.9 Å². The first-order valence-corrected chi connectivity index (χ1v) is 9.30. The van der Waals surface area contributed by atoms with Crippen LogP contribution < -0.4 is 10.7 Å². The number of carbonyl (C=O) groups excluding carboxylic acids is 2. The Morgan fingerprint density at radius 2 is 1.68 bits per heavy atom. The number of ether oxygens (including phenoxy) is 1. The predicted molar refractivity (Wildman–Crippen MR) is 112 cm³/mol. The topological polar surface area (TPSA) is 161 Å². The number of carbonyl (C=O) groups is 2. The van der Waals surface area contributed by atoms with Crippen molar-refractivity contribution in [2.24, 2.45) is 5.10 Å². The van der Waals surface area contributed by atoms with E-state index in [-0.39, 0.29) is 17.7 Å². The smallest absolute Gasteiger partial charge is 0.408 e. The quantitative estimate of drug-likeness (QED) is 0.232. The van der Waals surface area contributed by atoms with Crippen LogP contribution in [0.3, 0.4) is 0 Å². The first-order valence-electron chi connectivity index (χ1n) is 9.30. The summed E-state index contributed by atoms with van der Waals surface area (Å²) in [6.07, 6.45) is 0.361. The Balaban J connectivity index is 2.13. The van der Waals surface area contributed by atoms with Crippen molar-refractivity contribution in [1.29, 1.82) is 0 Å². The number of phenols is 4. The molecule has 10 heteroatoms. The molecule has 0 aliphatic rings. The summed E-state index contributed by atoms with van der Waals surface area (Å²) in [6.45, 7) is 5.06. The van der Waals surface area contributed by atoms with E-state index in [1.807, 2.05) is 0 Å². The second kappa shape index (κ2) is 9.70. The van der Waals surface area contributed by atoms with Crippen LogP contribution in [0.4, 0.5) is 4.79 Å². The van der Waals surface area contributed by atoms with Crippen LogP contribution in [0.25, 0.3) is 0 Å². The Morgan fingerprint density at radius 1 is 1.03 bits per heavy atom. The number of rotatable bonds is 6. The average Bonchev–Trinajstić information content (AvgIpc) is 2.67. The fourth-order valence-corrected chi connectivity index (χ4v) is 2.46. The largest absolute Gasteiger partial charge is 0.508 e. The van der Waals surface area contributed by atoms with E-state index in [1.165, 1.54) is 18.2 Å². The summed E-state index contributed by atoms with van der Waals surface area (Å²) >= 11 is 0. The van der Waals surface area contributed by atoms with Crippen LogP contribution in [0.5, 0.6) is 23.0 Å². The molecule has 31 heavy (non-hydrogen) atoms. The van der Waals surface area contributed by atoms with Crippen molar-refractivity contribution in [3.05, 3.63) is 47.5 Å². The Bertz CT molecular complexity index is 966. The highest BCUT2D eigenvalue weighted by Crippen LogP contribution is 2.36. The summed E-state index contributed by atoms with van der Waals surface area (Å²) in [5.74, 6) is -2.43. The molecule has 1 atom stereocenters. The van der Waals surface area contributed by atoms with E-state index in [0.29, 0.717) is 5.56 Å². The van der Waals surface area contributed by atoms with Crippen molar-refractivity contribution in [1.82, 2.24) is 10.7 Å². The van der Waals surface area contributed by atoms with Crippen molar-refractivity contribution in [2.75, 3.05) is 0 Å². The maximum atomic E-state index is 12.6. The molecule has 2 aromatic rings. The monoisotopic (exact) mass is 431 g/mol. The molecular weight excluding hydrogens is 406 g/mol. The lowest BCUT2D eigenvalue weighted by Crippen LogP contribution is -2.48. The Morgan fingerprint density at radius 3 is 2.29 bits per heavy atom. The molecule has 2 aromatic carbocycles. The number of aromatic hydroxyl groups is 4. The average molecular weight is 431 g/mol. The summed E-state index contributed by atoms with van der Waals surface area (Å²) in [5.41, 5.74) is 2.20. The van der Waals surface area contributed by atoms with E-state index in [4.69, 9.17) is 4.74 Å². The maximum absolute atomic E-state index is 12.6. The first kappa shape index (κ1) is 23.3. The third-order valence-electron chi connectivity index (χ3n) is 3.92. The number of amides is 2. The van der Waals surface area contributed by atoms with Gasteiger partial charge >= 0.3 is 6.09 Å². The molecule has 0 saturated carbocycles. The zero-order valence-corrected chi connectivity index (χ0v) is 17.3. The lowest BCUT2D eigenvalue weighted by atomic mass is 10.1. The number of benzene rings is 2. The maximum Gasteiger partial charge on any atom is 0.408 e. The SMILES string of the molecule is CC(C)(C)OC(=O)NC(Cc1ccc(O)cc1)C(=O)N/N=C/c1ccc(O)c(O)c1O. The molecule has 0 saturated heterocycles. The van der Waals surface area contributed by atoms with Gasteiger partial charge < -0.3 is 30.5 Å². The fourth-order valence-electron chi connectivity index (χ4n) is 2.46. The highest BCUT2D eigenvalue weighted by molar-refractivity contribution is 5.89. The third kappa shape index (κ3) is 7.11. The Labute approximate surface area is 178 Å². The van der Waals surface area contributed by atoms with Crippen LogP contribution >= 0.6 is 0 Å². The molecule has 0 spiro atoms. The van der Waals surface area contributed by atoms with Gasteiger partial charge in [0.2, 0.25) is 5.75 Å². The Kier molecular flexibility index (Phi) is 7.30. The van der Waals surface area contributed by atoms with Gasteiger partial charge in [0, 0.05) is 12.0 Å². The molecule has 1 unspecified atom stereocenters. The van der Waals surface area contributed by atoms with Crippen molar-refractivity contribution >= 4 is 18.2 Å². The van der Waals surface area contributed by atoms with Crippen LogP contribution in [0, 0.1) is 0 Å². The van der Waals surface area contributed by atoms with E-state index in [0.717, 1.165) is 12.3 Å². The van der Waals surface area contributed by atoms with Crippen molar-refractivity contribution in [2.45, 2.75) is 38.8 Å². The number of hydrazone groups is 1. The van der Waals surface area contributed by atoms with Crippen LogP contribution in [-0.2, 0) is 16.0 Å². The van der Waals surface area contributed by atoms with Crippen LogP contribution in [0.15, 0.2) is 41.5 Å². The van der Waals surface area contributed by atoms with Gasteiger partial charge in [-0.1, -0.05) is 12.1 Å². The summed E-state index contributed by atoms with van der Waals surface area (Å²) in [4.78, 5) is 24.8. The number of hydrogen-bond donors (Lipinski definition) is 6. The normalized spacial score (nSPS) is 12.4. The molecule has 0 aliphatic heterocycles. The van der Waals surface area contributed by atoms with Crippen LogP contribution in [0.2, 0.25) is 0 Å². The molecule has 0 fully saturated rings. The summed E-state index contributed by atoms with van der Waals surface area (Å²) in [7, 11) is 0. The molecule has 0 radical (unpaired) electrons. The molecule has 2 rings (SSSR count). The summed E-state index contributed by atoms with van der Waals surface area (Å²) in [5, 5.41) is 44.3. The zero-order valence-electron chi connectivity index (χ0n) is 17.3. The van der Waals surface area contributed by atoms with Gasteiger partial charge in [-0.2, -0.15) is 5.10 Å². The molecule has 0 bridgehead atoms. The van der Waals surface area contributed by atoms with Gasteiger partial charge in [0.05, 0.1) is 6.21 Å². The number of hydrogen-bond acceptors (Lipinski definition) is 8. The zero-order chi connectivity index (χ0) is 23.2. The molecule has 6 N–H and O–H groups in total. The molecular formula is C21H25N3O7. The van der Waals surface area contributed by atoms with Gasteiger partial charge in [0.15, 0.2) is 11.5 Å². The second-order valence-corrected chi connectivity index (χ2v) is 7.67. The molecule has 2 amide bonds. The number of alkyl carbamates (subject to hydrolysis) is 1. The highest BCUT2D eigenvalue weighted by atomic mass is 16.6. The van der Waals surface area contributed by atoms with E-state index in [9.17, 15) is 30.0 Å². The van der Waals surface area contributed by atoms with Gasteiger partial charge in [-0.25, -0.2) is 10.2 Å². The second-order valence-electron chi connectivity index (χ2n) is 7.67. The van der Waals surface area contributed by atoms with Gasteiger partial charge in [0.1, 0.15) is 17.4 Å². The van der Waals surface area contributed by atoms with Gasteiger partial charge in [-0.3, -0.25) is 4.79 Å². The van der Waals surface area contributed by atoms with Crippen molar-refractivity contribution < 1.29 is 34.8 Å². The van der Waals surface area contributed by atoms with Gasteiger partial charge in [-0.05, 0) is 50.6 Å². The minimum absolute atomic E-state index is 0.0470. The first-order chi connectivity index (χ1) is 14.5. The Hall–Kier alpha value is -3.95. The van der Waals surface area contributed by atoms with Crippen LogP contribution in [-0.4, -0.2) is 50.3 Å². The van der Waals surface area contributed by atoms with Gasteiger partial charge in [-0.15, -0.1) is 0 Å². The number of nitrogens with one attached hydrogen (secondary N) is 2. The molecule has 0 aromatic heterocycles. The van der Waals surface area contributed by atoms with Crippen molar-refractivity contribution in [3.63, 3.8) is 0 Å². The molecule has 166 valence electrons. The minimum atomic E-state index is -1.06. The predicted octanol–water partition coefficient (Wildman–Crippen LogP) is 2.10. The molecule has 0 heterocycles. The standard InChI is InChI=1S/C21H25N3O7/c1-21(2,3)31-20(30)23-15(10-12-4-7-14(25)8-5-12)19(29)24-22-11-13-6-9-16(26)18(28)17(13)27/h4-9,11,15,25-28H,10H2,1-3H3,(H,23,30)(H,24,29)/b22-11+.